The zero-order chi connectivity index (χ0) is 12.3. The molecule has 0 spiro atoms. The average molecular weight is 234 g/mol. The van der Waals surface area contributed by atoms with Crippen molar-refractivity contribution >= 4 is 17.7 Å². The predicted octanol–water partition coefficient (Wildman–Crippen LogP) is 1.52. The number of nitrogens with zero attached hydrogens (tertiary/aromatic N) is 1. The number of hydrogen-bond acceptors (Lipinski definition) is 3. The van der Waals surface area contributed by atoms with Crippen molar-refractivity contribution in [3.8, 4) is 0 Å². The van der Waals surface area contributed by atoms with E-state index in [-0.39, 0.29) is 6.09 Å². The first-order chi connectivity index (χ1) is 8.18. The summed E-state index contributed by atoms with van der Waals surface area (Å²) < 4.78 is 5.04. The smallest absolute Gasteiger partial charge is 0.414 e. The van der Waals surface area contributed by atoms with Gasteiger partial charge in [0.2, 0.25) is 5.91 Å². The normalized spacial score (nSPS) is 16.2. The second-order valence-corrected chi connectivity index (χ2v) is 3.88. The maximum absolute atomic E-state index is 11.6. The minimum absolute atomic E-state index is 0.339. The van der Waals surface area contributed by atoms with Crippen LogP contribution in [-0.2, 0) is 4.74 Å². The molecule has 1 saturated heterocycles. The largest absolute Gasteiger partial charge is 0.449 e. The molecule has 2 N–H and O–H groups in total. The predicted molar refractivity (Wildman–Crippen MR) is 62.9 cm³/mol. The summed E-state index contributed by atoms with van der Waals surface area (Å²) in [6.45, 7) is 1.10. The van der Waals surface area contributed by atoms with Crippen LogP contribution in [0.3, 0.4) is 0 Å². The summed E-state index contributed by atoms with van der Waals surface area (Å²) in [6.07, 6.45) is 1.44. The van der Waals surface area contributed by atoms with Gasteiger partial charge in [0.05, 0.1) is 6.61 Å². The van der Waals surface area contributed by atoms with Crippen LogP contribution < -0.4 is 10.6 Å². The Bertz CT molecular complexity index is 428. The second-order valence-electron chi connectivity index (χ2n) is 3.88. The number of carbonyl (C=O) groups excluding carboxylic acids is 2. The number of anilines is 1. The van der Waals surface area contributed by atoms with Gasteiger partial charge in [0, 0.05) is 17.8 Å². The van der Waals surface area contributed by atoms with Gasteiger partial charge >= 0.3 is 6.09 Å². The summed E-state index contributed by atoms with van der Waals surface area (Å²) in [7, 11) is 0. The Hall–Kier alpha value is -2.04. The molecular formula is C12H14N2O3. The zero-order valence-corrected chi connectivity index (χ0v) is 9.39. The lowest BCUT2D eigenvalue weighted by Gasteiger charge is -2.19. The van der Waals surface area contributed by atoms with Crippen LogP contribution in [0, 0.1) is 0 Å². The van der Waals surface area contributed by atoms with E-state index in [1.807, 2.05) is 0 Å². The lowest BCUT2D eigenvalue weighted by molar-refractivity contribution is 0.100. The monoisotopic (exact) mass is 234 g/mol. The molecule has 1 aliphatic rings. The minimum Gasteiger partial charge on any atom is -0.449 e. The number of ether oxygens (including phenoxy) is 1. The Kier molecular flexibility index (Phi) is 3.27. The first-order valence-electron chi connectivity index (χ1n) is 5.52. The van der Waals surface area contributed by atoms with Crippen molar-refractivity contribution in [2.45, 2.75) is 12.8 Å². The molecule has 90 valence electrons. The molecule has 1 aromatic carbocycles. The van der Waals surface area contributed by atoms with Gasteiger partial charge in [0.25, 0.3) is 0 Å². The van der Waals surface area contributed by atoms with Crippen LogP contribution in [0.2, 0.25) is 0 Å². The molecule has 0 bridgehead atoms. The minimum atomic E-state index is -0.477. The highest BCUT2D eigenvalue weighted by Crippen LogP contribution is 2.19. The highest BCUT2D eigenvalue weighted by Gasteiger charge is 2.19. The van der Waals surface area contributed by atoms with Crippen molar-refractivity contribution in [2.24, 2.45) is 5.73 Å². The molecule has 2 rings (SSSR count). The second kappa shape index (κ2) is 4.86. The molecule has 0 unspecified atom stereocenters. The molecule has 5 heteroatoms. The van der Waals surface area contributed by atoms with Crippen molar-refractivity contribution in [3.63, 3.8) is 0 Å². The van der Waals surface area contributed by atoms with E-state index >= 15 is 0 Å². The van der Waals surface area contributed by atoms with E-state index < -0.39 is 5.91 Å². The van der Waals surface area contributed by atoms with Crippen LogP contribution >= 0.6 is 0 Å². The van der Waals surface area contributed by atoms with E-state index in [9.17, 15) is 9.59 Å². The van der Waals surface area contributed by atoms with Crippen LogP contribution in [-0.4, -0.2) is 25.2 Å². The molecule has 1 heterocycles. The maximum atomic E-state index is 11.6. The van der Waals surface area contributed by atoms with E-state index in [0.29, 0.717) is 18.7 Å². The van der Waals surface area contributed by atoms with Crippen molar-refractivity contribution in [3.05, 3.63) is 29.8 Å². The molecule has 2 amide bonds. The molecule has 17 heavy (non-hydrogen) atoms. The first-order valence-corrected chi connectivity index (χ1v) is 5.52. The van der Waals surface area contributed by atoms with E-state index in [4.69, 9.17) is 10.5 Å². The highest BCUT2D eigenvalue weighted by atomic mass is 16.6. The van der Waals surface area contributed by atoms with Crippen LogP contribution in [0.4, 0.5) is 10.5 Å². The Morgan fingerprint density at radius 2 is 1.94 bits per heavy atom. The van der Waals surface area contributed by atoms with Gasteiger partial charge < -0.3 is 10.5 Å². The summed E-state index contributed by atoms with van der Waals surface area (Å²) in [5, 5.41) is 0. The standard InChI is InChI=1S/C12H14N2O3/c13-11(15)9-3-5-10(6-4-9)14-7-1-2-8-17-12(14)16/h3-6H,1-2,7-8H2,(H2,13,15). The molecule has 5 nitrogen and oxygen atoms in total. The number of amides is 2. The number of hydrogen-bond donors (Lipinski definition) is 1. The summed E-state index contributed by atoms with van der Waals surface area (Å²) in [4.78, 5) is 24.1. The Balaban J connectivity index is 2.20. The molecule has 0 aromatic heterocycles. The van der Waals surface area contributed by atoms with Gasteiger partial charge in [-0.2, -0.15) is 0 Å². The maximum Gasteiger partial charge on any atom is 0.414 e. The highest BCUT2D eigenvalue weighted by molar-refractivity contribution is 5.94. The van der Waals surface area contributed by atoms with Gasteiger partial charge in [0.1, 0.15) is 0 Å². The zero-order valence-electron chi connectivity index (χ0n) is 9.39. The Morgan fingerprint density at radius 3 is 2.59 bits per heavy atom. The Morgan fingerprint density at radius 1 is 1.24 bits per heavy atom. The quantitative estimate of drug-likeness (QED) is 0.843. The average Bonchev–Trinajstić information content (AvgIpc) is 2.54. The Labute approximate surface area is 99.2 Å². The topological polar surface area (TPSA) is 72.6 Å². The number of cyclic esters (lactones) is 1. The van der Waals surface area contributed by atoms with Crippen molar-refractivity contribution < 1.29 is 14.3 Å². The first kappa shape index (κ1) is 11.4. The molecule has 1 fully saturated rings. The molecule has 1 aromatic rings. The molecule has 0 atom stereocenters. The SMILES string of the molecule is NC(=O)c1ccc(N2CCCCOC2=O)cc1. The van der Waals surface area contributed by atoms with E-state index in [2.05, 4.69) is 0 Å². The fourth-order valence-corrected chi connectivity index (χ4v) is 1.74. The summed E-state index contributed by atoms with van der Waals surface area (Å²) >= 11 is 0. The van der Waals surface area contributed by atoms with Crippen LogP contribution in [0.5, 0.6) is 0 Å². The van der Waals surface area contributed by atoms with Gasteiger partial charge in [-0.05, 0) is 37.1 Å². The third kappa shape index (κ3) is 2.55. The van der Waals surface area contributed by atoms with Gasteiger partial charge in [-0.1, -0.05) is 0 Å². The summed E-state index contributed by atoms with van der Waals surface area (Å²) in [6, 6.07) is 6.62. The van der Waals surface area contributed by atoms with Gasteiger partial charge in [-0.25, -0.2) is 4.79 Å². The fourth-order valence-electron chi connectivity index (χ4n) is 1.74. The van der Waals surface area contributed by atoms with Crippen molar-refractivity contribution in [2.75, 3.05) is 18.1 Å². The lowest BCUT2D eigenvalue weighted by Crippen LogP contribution is -2.30. The van der Waals surface area contributed by atoms with Crippen LogP contribution in [0.1, 0.15) is 23.2 Å². The van der Waals surface area contributed by atoms with Gasteiger partial charge in [-0.3, -0.25) is 9.69 Å². The van der Waals surface area contributed by atoms with E-state index in [0.717, 1.165) is 18.5 Å². The lowest BCUT2D eigenvalue weighted by atomic mass is 10.2. The van der Waals surface area contributed by atoms with Crippen molar-refractivity contribution in [1.82, 2.24) is 0 Å². The number of primary amides is 1. The number of rotatable bonds is 2. The van der Waals surface area contributed by atoms with Gasteiger partial charge in [-0.15, -0.1) is 0 Å². The molecule has 0 radical (unpaired) electrons. The summed E-state index contributed by atoms with van der Waals surface area (Å²) in [5.74, 6) is -0.477. The number of carbonyl (C=O) groups is 2. The number of benzene rings is 1. The molecule has 0 aliphatic carbocycles. The van der Waals surface area contributed by atoms with Crippen LogP contribution in [0.25, 0.3) is 0 Å². The van der Waals surface area contributed by atoms with Gasteiger partial charge in [0.15, 0.2) is 0 Å². The van der Waals surface area contributed by atoms with Crippen molar-refractivity contribution in [1.29, 1.82) is 0 Å². The fraction of sp³-hybridized carbons (Fsp3) is 0.333. The van der Waals surface area contributed by atoms with E-state index in [1.54, 1.807) is 29.2 Å². The summed E-state index contributed by atoms with van der Waals surface area (Å²) in [5.41, 5.74) is 6.30. The number of nitrogens with two attached hydrogens (primary N) is 1. The molecule has 1 aliphatic heterocycles. The third-order valence-corrected chi connectivity index (χ3v) is 2.69. The van der Waals surface area contributed by atoms with Crippen LogP contribution in [0.15, 0.2) is 24.3 Å². The van der Waals surface area contributed by atoms with E-state index in [1.165, 1.54) is 0 Å². The third-order valence-electron chi connectivity index (χ3n) is 2.69. The molecule has 0 saturated carbocycles. The molecular weight excluding hydrogens is 220 g/mol.